The zero-order valence-corrected chi connectivity index (χ0v) is 18.3. The number of imide groups is 1. The number of carbonyl (C=O) groups excluding carboxylic acids is 2. The van der Waals surface area contributed by atoms with E-state index >= 15 is 0 Å². The number of rotatable bonds is 5. The van der Waals surface area contributed by atoms with Crippen LogP contribution in [0, 0.1) is 6.92 Å². The monoisotopic (exact) mass is 452 g/mol. The summed E-state index contributed by atoms with van der Waals surface area (Å²) < 4.78 is 5.39. The van der Waals surface area contributed by atoms with Gasteiger partial charge in [0.15, 0.2) is 0 Å². The number of hydrogen-bond donors (Lipinski definition) is 1. The quantitative estimate of drug-likeness (QED) is 0.503. The summed E-state index contributed by atoms with van der Waals surface area (Å²) in [6.45, 7) is 1.77. The summed E-state index contributed by atoms with van der Waals surface area (Å²) in [5, 5.41) is 4.11. The molecule has 0 unspecified atom stereocenters. The van der Waals surface area contributed by atoms with Crippen LogP contribution in [0.4, 0.5) is 11.4 Å². The van der Waals surface area contributed by atoms with Crippen LogP contribution in [0.15, 0.2) is 72.4 Å². The largest absolute Gasteiger partial charge is 0.495 e. The van der Waals surface area contributed by atoms with Gasteiger partial charge in [-0.05, 0) is 54.4 Å². The second-order valence-electron chi connectivity index (χ2n) is 6.91. The van der Waals surface area contributed by atoms with E-state index in [9.17, 15) is 9.59 Å². The maximum absolute atomic E-state index is 13.5. The standard InChI is InChI=1S/C24H18Cl2N2O3/c1-14-17(26)6-5-8-19(14)28-23(29)21(15-10-12-16(25)13-11-15)22(24(28)30)27-18-7-3-4-9-20(18)31-2/h3-13,27H,1-2H3. The van der Waals surface area contributed by atoms with Gasteiger partial charge in [-0.3, -0.25) is 9.59 Å². The van der Waals surface area contributed by atoms with Crippen LogP contribution in [-0.4, -0.2) is 18.9 Å². The highest BCUT2D eigenvalue weighted by atomic mass is 35.5. The van der Waals surface area contributed by atoms with Crippen molar-refractivity contribution in [2.24, 2.45) is 0 Å². The molecule has 5 nitrogen and oxygen atoms in total. The number of hydrogen-bond acceptors (Lipinski definition) is 4. The molecule has 0 fully saturated rings. The van der Waals surface area contributed by atoms with Gasteiger partial charge in [0, 0.05) is 10.0 Å². The van der Waals surface area contributed by atoms with Gasteiger partial charge in [-0.15, -0.1) is 0 Å². The molecule has 0 aliphatic carbocycles. The summed E-state index contributed by atoms with van der Waals surface area (Å²) in [4.78, 5) is 28.2. The summed E-state index contributed by atoms with van der Waals surface area (Å²) in [5.74, 6) is -0.385. The molecule has 1 N–H and O–H groups in total. The SMILES string of the molecule is COc1ccccc1NC1=C(c2ccc(Cl)cc2)C(=O)N(c2cccc(Cl)c2C)C1=O. The van der Waals surface area contributed by atoms with Gasteiger partial charge in [-0.1, -0.05) is 53.5 Å². The Labute approximate surface area is 189 Å². The van der Waals surface area contributed by atoms with E-state index in [1.54, 1.807) is 61.5 Å². The van der Waals surface area contributed by atoms with Crippen LogP contribution in [-0.2, 0) is 9.59 Å². The van der Waals surface area contributed by atoms with Gasteiger partial charge in [0.25, 0.3) is 11.8 Å². The van der Waals surface area contributed by atoms with Crippen LogP contribution in [0.1, 0.15) is 11.1 Å². The van der Waals surface area contributed by atoms with Gasteiger partial charge >= 0.3 is 0 Å². The van der Waals surface area contributed by atoms with Gasteiger partial charge in [0.2, 0.25) is 0 Å². The highest BCUT2D eigenvalue weighted by Gasteiger charge is 2.41. The lowest BCUT2D eigenvalue weighted by atomic mass is 10.0. The predicted molar refractivity (Wildman–Crippen MR) is 124 cm³/mol. The summed E-state index contributed by atoms with van der Waals surface area (Å²) in [6.07, 6.45) is 0. The van der Waals surface area contributed by atoms with Crippen molar-refractivity contribution in [3.63, 3.8) is 0 Å². The molecule has 156 valence electrons. The summed E-state index contributed by atoms with van der Waals surface area (Å²) >= 11 is 12.3. The van der Waals surface area contributed by atoms with Gasteiger partial charge in [-0.2, -0.15) is 0 Å². The van der Waals surface area contributed by atoms with Crippen molar-refractivity contribution in [3.05, 3.63) is 93.6 Å². The molecule has 0 spiro atoms. The smallest absolute Gasteiger partial charge is 0.282 e. The Morgan fingerprint density at radius 1 is 0.871 bits per heavy atom. The first-order valence-electron chi connectivity index (χ1n) is 9.46. The van der Waals surface area contributed by atoms with E-state index < -0.39 is 11.8 Å². The lowest BCUT2D eigenvalue weighted by molar-refractivity contribution is -0.120. The molecule has 3 aromatic rings. The first kappa shape index (κ1) is 21.0. The number of methoxy groups -OCH3 is 1. The average Bonchev–Trinajstić information content (AvgIpc) is 3.01. The maximum atomic E-state index is 13.5. The highest BCUT2D eigenvalue weighted by Crippen LogP contribution is 2.38. The number of nitrogens with one attached hydrogen (secondary N) is 1. The van der Waals surface area contributed by atoms with Crippen molar-refractivity contribution in [2.75, 3.05) is 17.3 Å². The molecule has 0 radical (unpaired) electrons. The Bertz CT molecular complexity index is 1220. The van der Waals surface area contributed by atoms with Gasteiger partial charge < -0.3 is 10.1 Å². The summed E-state index contributed by atoms with van der Waals surface area (Å²) in [6, 6.07) is 19.1. The van der Waals surface area contributed by atoms with Crippen molar-refractivity contribution in [2.45, 2.75) is 6.92 Å². The topological polar surface area (TPSA) is 58.6 Å². The lowest BCUT2D eigenvalue weighted by Gasteiger charge is -2.18. The number of ether oxygens (including phenoxy) is 1. The Hall–Kier alpha value is -3.28. The highest BCUT2D eigenvalue weighted by molar-refractivity contribution is 6.46. The molecule has 1 aliphatic heterocycles. The minimum Gasteiger partial charge on any atom is -0.495 e. The van der Waals surface area contributed by atoms with Gasteiger partial charge in [0.1, 0.15) is 11.4 Å². The fourth-order valence-corrected chi connectivity index (χ4v) is 3.77. The Morgan fingerprint density at radius 2 is 1.58 bits per heavy atom. The first-order chi connectivity index (χ1) is 14.9. The number of anilines is 2. The van der Waals surface area contributed by atoms with Crippen LogP contribution in [0.25, 0.3) is 5.57 Å². The minimum absolute atomic E-state index is 0.149. The Morgan fingerprint density at radius 3 is 2.29 bits per heavy atom. The summed E-state index contributed by atoms with van der Waals surface area (Å²) in [5.41, 5.74) is 2.61. The van der Waals surface area contributed by atoms with Crippen LogP contribution in [0.3, 0.4) is 0 Å². The van der Waals surface area contributed by atoms with E-state index in [1.807, 2.05) is 12.1 Å². The maximum Gasteiger partial charge on any atom is 0.282 e. The normalized spacial score (nSPS) is 13.7. The van der Waals surface area contributed by atoms with E-state index in [4.69, 9.17) is 27.9 Å². The molecular weight excluding hydrogens is 435 g/mol. The average molecular weight is 453 g/mol. The molecule has 4 rings (SSSR count). The number of carbonyl (C=O) groups is 2. The number of amides is 2. The Balaban J connectivity index is 1.87. The third-order valence-corrected chi connectivity index (χ3v) is 5.72. The van der Waals surface area contributed by atoms with Crippen LogP contribution < -0.4 is 15.0 Å². The Kier molecular flexibility index (Phi) is 5.72. The molecule has 3 aromatic carbocycles. The van der Waals surface area contributed by atoms with Crippen LogP contribution >= 0.6 is 23.2 Å². The number of halogens is 2. The van der Waals surface area contributed by atoms with Crippen molar-refractivity contribution in [1.29, 1.82) is 0 Å². The zero-order chi connectivity index (χ0) is 22.1. The van der Waals surface area contributed by atoms with Crippen molar-refractivity contribution in [1.82, 2.24) is 0 Å². The third-order valence-electron chi connectivity index (χ3n) is 5.06. The van der Waals surface area contributed by atoms with Crippen molar-refractivity contribution in [3.8, 4) is 5.75 Å². The molecule has 7 heteroatoms. The van der Waals surface area contributed by atoms with Crippen LogP contribution in [0.5, 0.6) is 5.75 Å². The second-order valence-corrected chi connectivity index (χ2v) is 7.76. The molecule has 1 heterocycles. The molecule has 0 aromatic heterocycles. The fourth-order valence-electron chi connectivity index (χ4n) is 3.47. The summed E-state index contributed by atoms with van der Waals surface area (Å²) in [7, 11) is 1.54. The molecule has 0 atom stereocenters. The molecule has 0 saturated carbocycles. The van der Waals surface area contributed by atoms with Gasteiger partial charge in [-0.25, -0.2) is 4.90 Å². The lowest BCUT2D eigenvalue weighted by Crippen LogP contribution is -2.33. The number of para-hydroxylation sites is 2. The zero-order valence-electron chi connectivity index (χ0n) is 16.8. The number of benzene rings is 3. The molecule has 1 aliphatic rings. The third kappa shape index (κ3) is 3.78. The number of nitrogens with zero attached hydrogens (tertiary/aromatic N) is 1. The van der Waals surface area contributed by atoms with Crippen molar-refractivity contribution >= 4 is 52.0 Å². The van der Waals surface area contributed by atoms with Gasteiger partial charge in [0.05, 0.1) is 24.1 Å². The molecular formula is C24H18Cl2N2O3. The van der Waals surface area contributed by atoms with E-state index in [1.165, 1.54) is 7.11 Å². The first-order valence-corrected chi connectivity index (χ1v) is 10.2. The second kappa shape index (κ2) is 8.46. The van der Waals surface area contributed by atoms with Crippen LogP contribution in [0.2, 0.25) is 10.0 Å². The minimum atomic E-state index is -0.480. The van der Waals surface area contributed by atoms with E-state index in [0.717, 1.165) is 4.90 Å². The molecule has 31 heavy (non-hydrogen) atoms. The van der Waals surface area contributed by atoms with E-state index in [-0.39, 0.29) is 11.3 Å². The molecule has 0 saturated heterocycles. The molecule has 2 amide bonds. The predicted octanol–water partition coefficient (Wildman–Crippen LogP) is 5.71. The van der Waals surface area contributed by atoms with Crippen molar-refractivity contribution < 1.29 is 14.3 Å². The fraction of sp³-hybridized carbons (Fsp3) is 0.0833. The van der Waals surface area contributed by atoms with E-state index in [2.05, 4.69) is 5.32 Å². The van der Waals surface area contributed by atoms with E-state index in [0.29, 0.717) is 38.3 Å². The molecule has 0 bridgehead atoms.